The van der Waals surface area contributed by atoms with Crippen molar-refractivity contribution in [2.75, 3.05) is 0 Å². The average Bonchev–Trinajstić information content (AvgIpc) is 3.40. The van der Waals surface area contributed by atoms with Gasteiger partial charge in [0.05, 0.1) is 22.6 Å². The molecule has 0 unspecified atom stereocenters. The van der Waals surface area contributed by atoms with Crippen LogP contribution < -0.4 is 5.32 Å². The summed E-state index contributed by atoms with van der Waals surface area (Å²) in [6.07, 6.45) is -7.67. The molecular weight excluding hydrogens is 496 g/mol. The monoisotopic (exact) mass is 511 g/mol. The Morgan fingerprint density at radius 1 is 0.943 bits per heavy atom. The van der Waals surface area contributed by atoms with Crippen LogP contribution in [-0.2, 0) is 23.6 Å². The van der Waals surface area contributed by atoms with Crippen LogP contribution in [0.5, 0.6) is 0 Å². The first-order chi connectivity index (χ1) is 16.5. The number of rotatable bonds is 5. The fourth-order valence-corrected chi connectivity index (χ4v) is 4.20. The van der Waals surface area contributed by atoms with Gasteiger partial charge in [-0.25, -0.2) is 0 Å². The first-order valence-corrected chi connectivity index (χ1v) is 10.9. The number of hydrogen-bond donors (Lipinski definition) is 1. The minimum absolute atomic E-state index is 0.0711. The van der Waals surface area contributed by atoms with E-state index in [1.807, 2.05) is 0 Å². The molecule has 1 atom stereocenters. The molecule has 4 rings (SSSR count). The average molecular weight is 511 g/mol. The lowest BCUT2D eigenvalue weighted by Gasteiger charge is -2.10. The summed E-state index contributed by atoms with van der Waals surface area (Å²) in [6.45, 7) is 0. The summed E-state index contributed by atoms with van der Waals surface area (Å²) in [5.74, 6) is 0.0118. The number of amidine groups is 1. The van der Waals surface area contributed by atoms with Gasteiger partial charge < -0.3 is 9.73 Å². The smallest absolute Gasteiger partial charge is 0.416 e. The lowest BCUT2D eigenvalue weighted by atomic mass is 10.1. The number of furan rings is 1. The van der Waals surface area contributed by atoms with E-state index < -0.39 is 34.6 Å². The van der Waals surface area contributed by atoms with Crippen LogP contribution in [0.3, 0.4) is 0 Å². The summed E-state index contributed by atoms with van der Waals surface area (Å²) < 4.78 is 82.9. The summed E-state index contributed by atoms with van der Waals surface area (Å²) in [5.41, 5.74) is -1.00. The Morgan fingerprint density at radius 2 is 1.63 bits per heavy atom. The lowest BCUT2D eigenvalue weighted by molar-refractivity contribution is -0.138. The van der Waals surface area contributed by atoms with Crippen molar-refractivity contribution in [2.24, 2.45) is 10.2 Å². The van der Waals surface area contributed by atoms with E-state index in [2.05, 4.69) is 15.5 Å². The summed E-state index contributed by atoms with van der Waals surface area (Å²) in [4.78, 5) is 12.2. The predicted molar refractivity (Wildman–Crippen MR) is 119 cm³/mol. The van der Waals surface area contributed by atoms with Crippen molar-refractivity contribution in [2.45, 2.75) is 24.0 Å². The van der Waals surface area contributed by atoms with Gasteiger partial charge in [-0.2, -0.15) is 31.4 Å². The Balaban J connectivity index is 1.40. The van der Waals surface area contributed by atoms with Crippen LogP contribution in [0, 0.1) is 0 Å². The molecule has 1 aliphatic heterocycles. The van der Waals surface area contributed by atoms with E-state index in [4.69, 9.17) is 4.42 Å². The van der Waals surface area contributed by atoms with Gasteiger partial charge >= 0.3 is 12.4 Å². The quantitative estimate of drug-likeness (QED) is 0.254. The van der Waals surface area contributed by atoms with Gasteiger partial charge in [0.25, 0.3) is 0 Å². The summed E-state index contributed by atoms with van der Waals surface area (Å²) >= 11 is 1.03. The van der Waals surface area contributed by atoms with Gasteiger partial charge in [0, 0.05) is 5.56 Å². The second-order valence-corrected chi connectivity index (χ2v) is 8.62. The number of nitrogens with zero attached hydrogens (tertiary/aromatic N) is 2. The highest BCUT2D eigenvalue weighted by Gasteiger charge is 2.33. The van der Waals surface area contributed by atoms with Crippen molar-refractivity contribution in [3.05, 3.63) is 83.1 Å². The van der Waals surface area contributed by atoms with Gasteiger partial charge in [0.1, 0.15) is 11.5 Å². The third-order valence-corrected chi connectivity index (χ3v) is 5.96. The number of halogens is 6. The Labute approximate surface area is 198 Å². The van der Waals surface area contributed by atoms with E-state index in [9.17, 15) is 31.1 Å². The normalized spacial score (nSPS) is 17.9. The lowest BCUT2D eigenvalue weighted by Crippen LogP contribution is -2.26. The number of carbonyl (C=O) groups is 1. The molecule has 0 spiro atoms. The first kappa shape index (κ1) is 24.6. The second-order valence-electron chi connectivity index (χ2n) is 7.43. The van der Waals surface area contributed by atoms with Gasteiger partial charge in [0.2, 0.25) is 5.91 Å². The molecule has 1 aliphatic rings. The Kier molecular flexibility index (Phi) is 6.75. The topological polar surface area (TPSA) is 67.0 Å². The molecule has 182 valence electrons. The van der Waals surface area contributed by atoms with Crippen LogP contribution in [0.2, 0.25) is 0 Å². The van der Waals surface area contributed by atoms with Crippen LogP contribution in [0.1, 0.15) is 22.5 Å². The van der Waals surface area contributed by atoms with Crippen LogP contribution in [0.25, 0.3) is 11.3 Å². The van der Waals surface area contributed by atoms with Crippen LogP contribution >= 0.6 is 11.8 Å². The highest BCUT2D eigenvalue weighted by molar-refractivity contribution is 8.15. The fraction of sp³-hybridized carbons (Fsp3) is 0.174. The van der Waals surface area contributed by atoms with Crippen LogP contribution in [0.4, 0.5) is 26.3 Å². The summed E-state index contributed by atoms with van der Waals surface area (Å²) in [6, 6.07) is 12.4. The molecule has 0 bridgehead atoms. The van der Waals surface area contributed by atoms with Gasteiger partial charge in [-0.1, -0.05) is 42.1 Å². The predicted octanol–water partition coefficient (Wildman–Crippen LogP) is 6.15. The van der Waals surface area contributed by atoms with E-state index in [1.54, 1.807) is 0 Å². The number of thioether (sulfide) groups is 1. The second kappa shape index (κ2) is 9.61. The van der Waals surface area contributed by atoms with Crippen molar-refractivity contribution in [1.29, 1.82) is 0 Å². The minimum atomic E-state index is -4.48. The Morgan fingerprint density at radius 3 is 2.34 bits per heavy atom. The molecule has 0 radical (unpaired) electrons. The third-order valence-electron chi connectivity index (χ3n) is 4.89. The highest BCUT2D eigenvalue weighted by atomic mass is 32.2. The first-order valence-electron chi connectivity index (χ1n) is 10.0. The molecule has 12 heteroatoms. The highest BCUT2D eigenvalue weighted by Crippen LogP contribution is 2.33. The number of nitrogens with one attached hydrogen (secondary N) is 1. The van der Waals surface area contributed by atoms with Crippen molar-refractivity contribution >= 4 is 29.1 Å². The molecule has 1 fully saturated rings. The fourth-order valence-electron chi connectivity index (χ4n) is 3.24. The zero-order chi connectivity index (χ0) is 25.2. The molecule has 5 nitrogen and oxygen atoms in total. The Bertz CT molecular complexity index is 1300. The molecule has 0 aliphatic carbocycles. The molecular formula is C23H15F6N3O2S. The molecule has 1 saturated heterocycles. The largest absolute Gasteiger partial charge is 0.455 e. The van der Waals surface area contributed by atoms with Gasteiger partial charge in [-0.15, -0.1) is 5.10 Å². The van der Waals surface area contributed by atoms with Crippen LogP contribution in [0.15, 0.2) is 75.3 Å². The zero-order valence-electron chi connectivity index (χ0n) is 17.5. The zero-order valence-corrected chi connectivity index (χ0v) is 18.3. The molecule has 1 amide bonds. The van der Waals surface area contributed by atoms with E-state index in [1.165, 1.54) is 42.6 Å². The van der Waals surface area contributed by atoms with E-state index in [0.717, 1.165) is 36.0 Å². The summed E-state index contributed by atoms with van der Waals surface area (Å²) in [7, 11) is 0. The van der Waals surface area contributed by atoms with Gasteiger partial charge in [0.15, 0.2) is 5.17 Å². The molecule has 3 aromatic rings. The number of benzene rings is 2. The number of alkyl halides is 6. The van der Waals surface area contributed by atoms with E-state index in [-0.39, 0.29) is 28.7 Å². The van der Waals surface area contributed by atoms with Crippen molar-refractivity contribution in [3.63, 3.8) is 0 Å². The maximum Gasteiger partial charge on any atom is 0.416 e. The number of amides is 1. The van der Waals surface area contributed by atoms with Crippen LogP contribution in [-0.4, -0.2) is 22.5 Å². The van der Waals surface area contributed by atoms with Crippen molar-refractivity contribution in [1.82, 2.24) is 5.32 Å². The van der Waals surface area contributed by atoms with E-state index >= 15 is 0 Å². The molecule has 35 heavy (non-hydrogen) atoms. The maximum absolute atomic E-state index is 12.9. The van der Waals surface area contributed by atoms with Crippen molar-refractivity contribution < 1.29 is 35.6 Å². The summed E-state index contributed by atoms with van der Waals surface area (Å²) in [5, 5.41) is 9.68. The standard InChI is InChI=1S/C23H15F6N3O2S/c24-22(25,26)15-5-1-3-13(9-15)10-19-20(33)31-21(35-19)32-30-12-17-7-8-18(34-17)14-4-2-6-16(11-14)23(27,28)29/h1-9,11-12,19H,10H2,(H,31,32,33)/b30-12-/t19-/m0/s1. The molecule has 1 aromatic heterocycles. The molecule has 2 heterocycles. The SMILES string of the molecule is O=C1N/C(=N/N=C\c2ccc(-c3cccc(C(F)(F)F)c3)o2)S[C@H]1Cc1cccc(C(F)(F)F)c1. The molecule has 0 saturated carbocycles. The molecule has 1 N–H and O–H groups in total. The number of hydrogen-bond acceptors (Lipinski definition) is 5. The maximum atomic E-state index is 12.9. The number of carbonyl (C=O) groups excluding carboxylic acids is 1. The van der Waals surface area contributed by atoms with Crippen molar-refractivity contribution in [3.8, 4) is 11.3 Å². The molecule has 2 aromatic carbocycles. The van der Waals surface area contributed by atoms with Gasteiger partial charge in [-0.05, 0) is 42.3 Å². The third kappa shape index (κ3) is 6.13. The Hall–Kier alpha value is -3.54. The van der Waals surface area contributed by atoms with E-state index in [0.29, 0.717) is 5.56 Å². The minimum Gasteiger partial charge on any atom is -0.455 e. The van der Waals surface area contributed by atoms with Gasteiger partial charge in [-0.3, -0.25) is 4.79 Å².